The van der Waals surface area contributed by atoms with Gasteiger partial charge < -0.3 is 9.64 Å². The molecule has 0 N–H and O–H groups in total. The number of benzene rings is 8. The molecule has 1 heterocycles. The Morgan fingerprint density at radius 3 is 1.51 bits per heavy atom. The van der Waals surface area contributed by atoms with E-state index in [1.165, 1.54) is 71.4 Å². The highest BCUT2D eigenvalue weighted by Gasteiger charge is 2.37. The molecule has 0 aromatic heterocycles. The zero-order valence-electron chi connectivity index (χ0n) is 26.3. The normalized spacial score (nSPS) is 14.0. The summed E-state index contributed by atoms with van der Waals surface area (Å²) in [7, 11) is 0. The summed E-state index contributed by atoms with van der Waals surface area (Å²) in [5.74, 6) is 1.71. The van der Waals surface area contributed by atoms with Crippen LogP contribution in [0.3, 0.4) is 0 Å². The van der Waals surface area contributed by atoms with Crippen LogP contribution in [0.25, 0.3) is 54.6 Å². The molecule has 0 radical (unpaired) electrons. The first-order valence-corrected chi connectivity index (χ1v) is 16.4. The lowest BCUT2D eigenvalue weighted by Gasteiger charge is -2.35. The van der Waals surface area contributed by atoms with Gasteiger partial charge >= 0.3 is 0 Å². The van der Waals surface area contributed by atoms with Crippen molar-refractivity contribution in [3.05, 3.63) is 163 Å². The number of para-hydroxylation sites is 4. The van der Waals surface area contributed by atoms with E-state index < -0.39 is 0 Å². The SMILES string of the molecule is CC1(C)c2ccccc2-c2c1cc(-c1c3ccccc3c(N3c4ccccc4Oc4ccccc43)c3ccccc13)c1ccccc21. The van der Waals surface area contributed by atoms with Crippen LogP contribution >= 0.6 is 0 Å². The van der Waals surface area contributed by atoms with Gasteiger partial charge in [-0.2, -0.15) is 0 Å². The predicted molar refractivity (Wildman–Crippen MR) is 197 cm³/mol. The van der Waals surface area contributed by atoms with Crippen LogP contribution in [-0.4, -0.2) is 0 Å². The quantitative estimate of drug-likeness (QED) is 0.183. The van der Waals surface area contributed by atoms with Crippen LogP contribution in [0, 0.1) is 0 Å². The largest absolute Gasteiger partial charge is 0.453 e. The molecule has 1 aliphatic carbocycles. The minimum absolute atomic E-state index is 0.114. The summed E-state index contributed by atoms with van der Waals surface area (Å²) < 4.78 is 6.44. The molecule has 0 atom stereocenters. The number of hydrogen-bond acceptors (Lipinski definition) is 2. The summed E-state index contributed by atoms with van der Waals surface area (Å²) in [6.07, 6.45) is 0. The fraction of sp³-hybridized carbons (Fsp3) is 0.0667. The molecule has 47 heavy (non-hydrogen) atoms. The van der Waals surface area contributed by atoms with E-state index >= 15 is 0 Å². The summed E-state index contributed by atoms with van der Waals surface area (Å²) in [5, 5.41) is 7.48. The van der Waals surface area contributed by atoms with Crippen molar-refractivity contribution in [1.29, 1.82) is 0 Å². The standard InChI is InChI=1S/C45H31NO/c1-45(2)36-22-10-9-21-34(36)43-29-16-4-3-15-28(29)35(27-37(43)45)42-30-17-5-7-19-32(30)44(33-20-8-6-18-31(33)42)46-38-23-11-13-25-40(38)47-41-26-14-12-24-39(41)46/h3-27H,1-2H3. The zero-order chi connectivity index (χ0) is 31.3. The maximum atomic E-state index is 6.44. The van der Waals surface area contributed by atoms with Crippen molar-refractivity contribution in [3.63, 3.8) is 0 Å². The third-order valence-electron chi connectivity index (χ3n) is 10.4. The van der Waals surface area contributed by atoms with Gasteiger partial charge in [0.25, 0.3) is 0 Å². The van der Waals surface area contributed by atoms with E-state index in [1.807, 2.05) is 12.1 Å². The van der Waals surface area contributed by atoms with Crippen LogP contribution in [0.1, 0.15) is 25.0 Å². The molecule has 1 aliphatic heterocycles. The van der Waals surface area contributed by atoms with E-state index in [0.717, 1.165) is 22.9 Å². The van der Waals surface area contributed by atoms with Gasteiger partial charge in [0, 0.05) is 16.2 Å². The summed E-state index contributed by atoms with van der Waals surface area (Å²) in [6, 6.07) is 55.1. The van der Waals surface area contributed by atoms with E-state index in [9.17, 15) is 0 Å². The Bertz CT molecular complexity index is 2490. The van der Waals surface area contributed by atoms with Gasteiger partial charge in [-0.3, -0.25) is 0 Å². The highest BCUT2D eigenvalue weighted by Crippen LogP contribution is 2.57. The number of anilines is 3. The smallest absolute Gasteiger partial charge is 0.151 e. The van der Waals surface area contributed by atoms with Crippen molar-refractivity contribution in [2.75, 3.05) is 4.90 Å². The predicted octanol–water partition coefficient (Wildman–Crippen LogP) is 12.7. The average molecular weight is 602 g/mol. The van der Waals surface area contributed by atoms with Crippen molar-refractivity contribution >= 4 is 49.4 Å². The van der Waals surface area contributed by atoms with Crippen molar-refractivity contribution in [2.24, 2.45) is 0 Å². The molecule has 8 aromatic carbocycles. The molecular formula is C45H31NO. The molecule has 0 spiro atoms. The van der Waals surface area contributed by atoms with Crippen LogP contribution < -0.4 is 9.64 Å². The van der Waals surface area contributed by atoms with Gasteiger partial charge in [0.2, 0.25) is 0 Å². The summed E-state index contributed by atoms with van der Waals surface area (Å²) in [5.41, 5.74) is 11.2. The Balaban J connectivity index is 1.35. The second-order valence-electron chi connectivity index (χ2n) is 13.3. The number of fused-ring (bicyclic) bond motifs is 9. The Hall–Kier alpha value is -5.86. The third kappa shape index (κ3) is 3.56. The van der Waals surface area contributed by atoms with Gasteiger partial charge in [0.15, 0.2) is 11.5 Å². The molecule has 0 saturated carbocycles. The summed E-state index contributed by atoms with van der Waals surface area (Å²) in [4.78, 5) is 2.41. The Morgan fingerprint density at radius 2 is 0.894 bits per heavy atom. The maximum Gasteiger partial charge on any atom is 0.151 e. The van der Waals surface area contributed by atoms with Crippen LogP contribution in [0.15, 0.2) is 152 Å². The van der Waals surface area contributed by atoms with Crippen molar-refractivity contribution < 1.29 is 4.74 Å². The summed E-state index contributed by atoms with van der Waals surface area (Å²) in [6.45, 7) is 4.76. The Labute approximate surface area is 274 Å². The first-order chi connectivity index (χ1) is 23.1. The first-order valence-electron chi connectivity index (χ1n) is 16.4. The van der Waals surface area contributed by atoms with Crippen LogP contribution in [-0.2, 0) is 5.41 Å². The van der Waals surface area contributed by atoms with E-state index in [-0.39, 0.29) is 5.41 Å². The molecule has 0 saturated heterocycles. The average Bonchev–Trinajstić information content (AvgIpc) is 3.35. The van der Waals surface area contributed by atoms with Gasteiger partial charge in [0.05, 0.1) is 17.1 Å². The zero-order valence-corrected chi connectivity index (χ0v) is 26.3. The van der Waals surface area contributed by atoms with Crippen molar-refractivity contribution in [1.82, 2.24) is 0 Å². The Kier molecular flexibility index (Phi) is 5.37. The number of hydrogen-bond donors (Lipinski definition) is 0. The fourth-order valence-corrected chi connectivity index (χ4v) is 8.34. The van der Waals surface area contributed by atoms with E-state index in [2.05, 4.69) is 158 Å². The molecule has 10 rings (SSSR count). The van der Waals surface area contributed by atoms with Gasteiger partial charge in [-0.25, -0.2) is 0 Å². The molecule has 0 bridgehead atoms. The van der Waals surface area contributed by atoms with Gasteiger partial charge in [0.1, 0.15) is 0 Å². The molecular weight excluding hydrogens is 571 g/mol. The fourth-order valence-electron chi connectivity index (χ4n) is 8.34. The number of ether oxygens (including phenoxy) is 1. The van der Waals surface area contributed by atoms with Gasteiger partial charge in [-0.15, -0.1) is 0 Å². The van der Waals surface area contributed by atoms with Crippen LogP contribution in [0.5, 0.6) is 11.5 Å². The molecule has 2 aliphatic rings. The molecule has 0 amide bonds. The van der Waals surface area contributed by atoms with E-state index in [0.29, 0.717) is 0 Å². The molecule has 8 aromatic rings. The summed E-state index contributed by atoms with van der Waals surface area (Å²) >= 11 is 0. The number of rotatable bonds is 2. The minimum atomic E-state index is -0.114. The maximum absolute atomic E-state index is 6.44. The molecule has 2 heteroatoms. The number of nitrogens with zero attached hydrogens (tertiary/aromatic N) is 1. The van der Waals surface area contributed by atoms with Gasteiger partial charge in [-0.05, 0) is 85.3 Å². The second-order valence-corrected chi connectivity index (χ2v) is 13.3. The topological polar surface area (TPSA) is 12.5 Å². The highest BCUT2D eigenvalue weighted by atomic mass is 16.5. The lowest BCUT2D eigenvalue weighted by molar-refractivity contribution is 0.477. The molecule has 0 fully saturated rings. The van der Waals surface area contributed by atoms with Gasteiger partial charge in [-0.1, -0.05) is 135 Å². The lowest BCUT2D eigenvalue weighted by atomic mass is 9.79. The van der Waals surface area contributed by atoms with E-state index in [4.69, 9.17) is 4.74 Å². The minimum Gasteiger partial charge on any atom is -0.453 e. The molecule has 0 unspecified atom stereocenters. The van der Waals surface area contributed by atoms with Crippen molar-refractivity contribution in [2.45, 2.75) is 19.3 Å². The van der Waals surface area contributed by atoms with Crippen LogP contribution in [0.2, 0.25) is 0 Å². The van der Waals surface area contributed by atoms with E-state index in [1.54, 1.807) is 0 Å². The van der Waals surface area contributed by atoms with Crippen molar-refractivity contribution in [3.8, 4) is 33.8 Å². The van der Waals surface area contributed by atoms with Crippen LogP contribution in [0.4, 0.5) is 17.1 Å². The lowest BCUT2D eigenvalue weighted by Crippen LogP contribution is -2.16. The third-order valence-corrected chi connectivity index (χ3v) is 10.4. The first kappa shape index (κ1) is 26.4. The monoisotopic (exact) mass is 601 g/mol. The second kappa shape index (κ2) is 9.57. The molecule has 2 nitrogen and oxygen atoms in total. The Morgan fingerprint density at radius 1 is 0.426 bits per heavy atom. The molecule has 222 valence electrons. The highest BCUT2D eigenvalue weighted by molar-refractivity contribution is 6.25.